The van der Waals surface area contributed by atoms with Gasteiger partial charge in [-0.05, 0) is 22.9 Å². The summed E-state index contributed by atoms with van der Waals surface area (Å²) in [6, 6.07) is 17.2. The summed E-state index contributed by atoms with van der Waals surface area (Å²) in [7, 11) is 0. The normalized spacial score (nSPS) is 9.15. The van der Waals surface area contributed by atoms with E-state index in [9.17, 15) is 0 Å². The van der Waals surface area contributed by atoms with E-state index in [1.807, 2.05) is 30.3 Å². The molecule has 101 valence electrons. The number of benzene rings is 2. The molecule has 1 radical (unpaired) electrons. The van der Waals surface area contributed by atoms with Gasteiger partial charge in [-0.2, -0.15) is 18.2 Å². The van der Waals surface area contributed by atoms with Gasteiger partial charge in [-0.1, -0.05) is 17.0 Å². The summed E-state index contributed by atoms with van der Waals surface area (Å²) in [5.41, 5.74) is 1.88. The van der Waals surface area contributed by atoms with Crippen LogP contribution in [0, 0.1) is 24.8 Å². The zero-order chi connectivity index (χ0) is 12.4. The number of aromatic nitrogens is 3. The van der Waals surface area contributed by atoms with Crippen molar-refractivity contribution in [2.45, 2.75) is 0 Å². The van der Waals surface area contributed by atoms with Crippen molar-refractivity contribution in [1.29, 1.82) is 5.26 Å². The van der Waals surface area contributed by atoms with Crippen molar-refractivity contribution in [3.05, 3.63) is 61.5 Å². The number of hydrogen-bond acceptors (Lipinski definition) is 4. The van der Waals surface area contributed by atoms with Gasteiger partial charge in [0.05, 0.1) is 5.75 Å². The van der Waals surface area contributed by atoms with E-state index in [1.165, 1.54) is 4.85 Å². The smallest absolute Gasteiger partial charge is 0.381 e. The van der Waals surface area contributed by atoms with Crippen LogP contribution in [0.15, 0.2) is 42.5 Å². The summed E-state index contributed by atoms with van der Waals surface area (Å²) >= 11 is 0. The van der Waals surface area contributed by atoms with E-state index < -0.39 is 0 Å². The first-order valence-corrected chi connectivity index (χ1v) is 5.27. The Labute approximate surface area is 126 Å². The molecular formula is C14H10CoN4O. The van der Waals surface area contributed by atoms with Crippen molar-refractivity contribution in [2.75, 3.05) is 0 Å². The van der Waals surface area contributed by atoms with Crippen molar-refractivity contribution < 1.29 is 21.6 Å². The van der Waals surface area contributed by atoms with Crippen LogP contribution in [-0.2, 0) is 16.8 Å². The minimum absolute atomic E-state index is 0. The third-order valence-corrected chi connectivity index (χ3v) is 2.45. The number of hydrogen-bond donors (Lipinski definition) is 0. The van der Waals surface area contributed by atoms with E-state index in [4.69, 9.17) is 10.1 Å². The Balaban J connectivity index is 0.000001000. The van der Waals surface area contributed by atoms with Gasteiger partial charge in [-0.25, -0.2) is 5.26 Å². The molecule has 5 nitrogen and oxygen atoms in total. The van der Waals surface area contributed by atoms with E-state index in [0.29, 0.717) is 11.3 Å². The fraction of sp³-hybridized carbons (Fsp3) is 0. The minimum Gasteiger partial charge on any atom is -0.381 e. The summed E-state index contributed by atoms with van der Waals surface area (Å²) in [5, 5.41) is 16.8. The molecule has 0 spiro atoms. The van der Waals surface area contributed by atoms with Gasteiger partial charge in [-0.3, -0.25) is 0 Å². The predicted molar refractivity (Wildman–Crippen MR) is 70.0 cm³/mol. The average Bonchev–Trinajstić information content (AvgIpc) is 2.83. The van der Waals surface area contributed by atoms with E-state index in [1.54, 1.807) is 18.2 Å². The summed E-state index contributed by atoms with van der Waals surface area (Å²) in [6.07, 6.45) is 0. The molecule has 0 atom stereocenters. The minimum atomic E-state index is 0. The molecule has 0 fully saturated rings. The summed E-state index contributed by atoms with van der Waals surface area (Å²) in [4.78, 5) is 6.85. The average molecular weight is 309 g/mol. The number of para-hydroxylation sites is 1. The Kier molecular flexibility index (Phi) is 5.26. The monoisotopic (exact) mass is 309 g/mol. The van der Waals surface area contributed by atoms with Gasteiger partial charge in [0.15, 0.2) is 0 Å². The molecule has 2 aromatic carbocycles. The third-order valence-electron chi connectivity index (χ3n) is 2.45. The summed E-state index contributed by atoms with van der Waals surface area (Å²) in [6.45, 7) is 0. The second kappa shape index (κ2) is 6.70. The van der Waals surface area contributed by atoms with Gasteiger partial charge < -0.3 is 12.3 Å². The Morgan fingerprint density at radius 2 is 2.05 bits per heavy atom. The molecule has 3 aromatic rings. The van der Waals surface area contributed by atoms with Gasteiger partial charge >= 0.3 is 16.8 Å². The maximum atomic E-state index is 8.97. The Morgan fingerprint density at radius 1 is 1.25 bits per heavy atom. The van der Waals surface area contributed by atoms with Crippen LogP contribution in [0.2, 0.25) is 0 Å². The van der Waals surface area contributed by atoms with Crippen LogP contribution in [-0.4, -0.2) is 15.2 Å². The summed E-state index contributed by atoms with van der Waals surface area (Å²) in [5.74, 6) is 0.423. The van der Waals surface area contributed by atoms with Gasteiger partial charge in [0.2, 0.25) is 0 Å². The first kappa shape index (κ1) is 15.7. The van der Waals surface area contributed by atoms with Gasteiger partial charge in [0.25, 0.3) is 0 Å². The fourth-order valence-electron chi connectivity index (χ4n) is 1.59. The molecule has 0 unspecified atom stereocenters. The number of rotatable bonds is 2. The van der Waals surface area contributed by atoms with Crippen molar-refractivity contribution in [1.82, 2.24) is 15.2 Å². The molecule has 0 amide bonds. The van der Waals surface area contributed by atoms with Gasteiger partial charge in [-0.15, -0.1) is 11.2 Å². The number of nitriles is 1. The van der Waals surface area contributed by atoms with Crippen molar-refractivity contribution >= 4 is 11.0 Å². The van der Waals surface area contributed by atoms with Crippen LogP contribution in [0.3, 0.4) is 0 Å². The van der Waals surface area contributed by atoms with Crippen LogP contribution in [0.25, 0.3) is 11.0 Å². The standard InChI is InChI=1S/C13H7N4O.CH3.Co/c14-9-10-5-1-4-8-13(10)18-17-12-7-3-2-6-11(12)15-16-17;;/h2-8H;1H3;/q2*-1;+2. The molecule has 3 rings (SSSR count). The largest absolute Gasteiger partial charge is 2.00 e. The fourth-order valence-corrected chi connectivity index (χ4v) is 1.59. The molecule has 20 heavy (non-hydrogen) atoms. The van der Waals surface area contributed by atoms with Crippen LogP contribution in [0.4, 0.5) is 0 Å². The molecule has 1 heterocycles. The Hall–Kier alpha value is -2.36. The van der Waals surface area contributed by atoms with E-state index in [-0.39, 0.29) is 24.2 Å². The predicted octanol–water partition coefficient (Wildman–Crippen LogP) is 2.39. The van der Waals surface area contributed by atoms with Crippen molar-refractivity contribution in [3.63, 3.8) is 0 Å². The third kappa shape index (κ3) is 2.79. The van der Waals surface area contributed by atoms with E-state index >= 15 is 0 Å². The van der Waals surface area contributed by atoms with E-state index in [0.717, 1.165) is 11.0 Å². The zero-order valence-corrected chi connectivity index (χ0v) is 11.6. The maximum absolute atomic E-state index is 8.97. The maximum Gasteiger partial charge on any atom is 2.00 e. The summed E-state index contributed by atoms with van der Waals surface area (Å²) < 4.78 is 0. The molecule has 0 N–H and O–H groups in total. The van der Waals surface area contributed by atoms with Crippen LogP contribution < -0.4 is 4.84 Å². The topological polar surface area (TPSA) is 63.7 Å². The molecular weight excluding hydrogens is 299 g/mol. The number of nitrogens with zero attached hydrogens (tertiary/aromatic N) is 4. The number of fused-ring (bicyclic) bond motifs is 1. The Bertz CT molecular complexity index is 748. The molecule has 6 heteroatoms. The van der Waals surface area contributed by atoms with Crippen molar-refractivity contribution in [3.8, 4) is 11.8 Å². The second-order valence-electron chi connectivity index (χ2n) is 3.58. The Morgan fingerprint density at radius 3 is 2.85 bits per heavy atom. The molecule has 0 bridgehead atoms. The second-order valence-corrected chi connectivity index (χ2v) is 3.58. The van der Waals surface area contributed by atoms with Crippen molar-refractivity contribution in [2.24, 2.45) is 0 Å². The molecule has 0 aliphatic rings. The van der Waals surface area contributed by atoms with Gasteiger partial charge in [0, 0.05) is 6.07 Å². The van der Waals surface area contributed by atoms with Crippen LogP contribution in [0.5, 0.6) is 5.75 Å². The van der Waals surface area contributed by atoms with Crippen LogP contribution >= 0.6 is 0 Å². The SMILES string of the molecule is N#Cc1c[c-]ccc1On1nnc2ccccc21.[CH3-].[Co+2]. The van der Waals surface area contributed by atoms with Crippen LogP contribution in [0.1, 0.15) is 5.56 Å². The first-order chi connectivity index (χ1) is 8.88. The first-order valence-electron chi connectivity index (χ1n) is 5.27. The molecule has 0 saturated heterocycles. The zero-order valence-electron chi connectivity index (χ0n) is 10.6. The van der Waals surface area contributed by atoms with Gasteiger partial charge in [0.1, 0.15) is 11.0 Å². The molecule has 0 aliphatic heterocycles. The quantitative estimate of drug-likeness (QED) is 0.682. The van der Waals surface area contributed by atoms with E-state index in [2.05, 4.69) is 16.4 Å². The molecule has 1 aromatic heterocycles. The molecule has 0 aliphatic carbocycles. The molecule has 0 saturated carbocycles.